The maximum absolute atomic E-state index is 10.8. The smallest absolute Gasteiger partial charge is 0.329 e. The van der Waals surface area contributed by atoms with Crippen molar-refractivity contribution in [1.82, 2.24) is 0 Å². The van der Waals surface area contributed by atoms with Crippen molar-refractivity contribution in [3.8, 4) is 0 Å². The third-order valence-electron chi connectivity index (χ3n) is 1.17. The monoisotopic (exact) mass is 209 g/mol. The van der Waals surface area contributed by atoms with Gasteiger partial charge >= 0.3 is 7.75 Å². The van der Waals surface area contributed by atoms with Gasteiger partial charge in [0, 0.05) is 9.80 Å². The van der Waals surface area contributed by atoms with Crippen LogP contribution in [-0.4, -0.2) is 43.7 Å². The third-order valence-corrected chi connectivity index (χ3v) is 2.00. The first-order chi connectivity index (χ1) is 5.77. The standard InChI is InChI=1S/C5H13N4O3P/c1-9(2,3)4-5-12-13(10,11)8-7-6/h4-5H2,1-3H3/p+1. The first-order valence-corrected chi connectivity index (χ1v) is 5.14. The van der Waals surface area contributed by atoms with Crippen molar-refractivity contribution in [2.75, 3.05) is 34.3 Å². The molecule has 0 aliphatic carbocycles. The summed E-state index contributed by atoms with van der Waals surface area (Å²) in [6, 6.07) is 0. The number of nitrogens with zero attached hydrogens (tertiary/aromatic N) is 4. The van der Waals surface area contributed by atoms with Gasteiger partial charge in [-0.05, 0) is 5.53 Å². The summed E-state index contributed by atoms with van der Waals surface area (Å²) < 4.78 is 15.9. The van der Waals surface area contributed by atoms with Gasteiger partial charge in [-0.3, -0.25) is 9.09 Å². The lowest BCUT2D eigenvalue weighted by atomic mass is 10.5. The second kappa shape index (κ2) is 4.60. The first-order valence-electron chi connectivity index (χ1n) is 3.61. The zero-order chi connectivity index (χ0) is 10.5. The number of hydrogen-bond donors (Lipinski definition) is 1. The van der Waals surface area contributed by atoms with E-state index in [1.54, 1.807) is 0 Å². The molecule has 7 nitrogen and oxygen atoms in total. The van der Waals surface area contributed by atoms with E-state index in [1.165, 1.54) is 0 Å². The Balaban J connectivity index is 3.90. The van der Waals surface area contributed by atoms with Gasteiger partial charge in [0.15, 0.2) is 0 Å². The Bertz CT molecular complexity index is 255. The van der Waals surface area contributed by atoms with E-state index < -0.39 is 7.75 Å². The molecule has 0 aromatic rings. The van der Waals surface area contributed by atoms with Crippen molar-refractivity contribution in [3.63, 3.8) is 0 Å². The summed E-state index contributed by atoms with van der Waals surface area (Å²) in [5.41, 5.74) is 7.90. The van der Waals surface area contributed by atoms with Crippen molar-refractivity contribution >= 4 is 7.75 Å². The fourth-order valence-corrected chi connectivity index (χ4v) is 0.982. The molecule has 0 aromatic carbocycles. The molecule has 0 spiro atoms. The van der Waals surface area contributed by atoms with Gasteiger partial charge in [-0.2, -0.15) is 0 Å². The molecule has 8 heteroatoms. The summed E-state index contributed by atoms with van der Waals surface area (Å²) in [5.74, 6) is 0. The first kappa shape index (κ1) is 12.4. The topological polar surface area (TPSA) is 95.3 Å². The van der Waals surface area contributed by atoms with Crippen molar-refractivity contribution in [2.45, 2.75) is 0 Å². The van der Waals surface area contributed by atoms with Crippen molar-refractivity contribution in [3.05, 3.63) is 10.4 Å². The predicted octanol–water partition coefficient (Wildman–Crippen LogP) is 1.12. The molecule has 0 rings (SSSR count). The Hall–Kier alpha value is -0.580. The highest BCUT2D eigenvalue weighted by molar-refractivity contribution is 7.51. The summed E-state index contributed by atoms with van der Waals surface area (Å²) in [5, 5.41) is 0. The molecule has 1 atom stereocenters. The summed E-state index contributed by atoms with van der Waals surface area (Å²) in [4.78, 5) is 13.7. The number of rotatable bonds is 5. The molecule has 0 bridgehead atoms. The second-order valence-corrected chi connectivity index (χ2v) is 4.93. The SMILES string of the molecule is C[N+](C)(C)CCOP(=O)(O)N=[N+]=[N-]. The molecule has 0 aliphatic heterocycles. The molecule has 0 saturated heterocycles. The van der Waals surface area contributed by atoms with Crippen LogP contribution < -0.4 is 0 Å². The van der Waals surface area contributed by atoms with Gasteiger partial charge in [-0.1, -0.05) is 0 Å². The van der Waals surface area contributed by atoms with Crippen LogP contribution >= 0.6 is 7.75 Å². The van der Waals surface area contributed by atoms with Gasteiger partial charge in [0.1, 0.15) is 13.2 Å². The Morgan fingerprint density at radius 2 is 2.15 bits per heavy atom. The lowest BCUT2D eigenvalue weighted by Crippen LogP contribution is -2.37. The number of likely N-dealkylation sites (N-methyl/N-ethyl adjacent to an activating group) is 1. The number of hydrogen-bond acceptors (Lipinski definition) is 2. The van der Waals surface area contributed by atoms with Crippen LogP contribution in [0.4, 0.5) is 0 Å². The van der Waals surface area contributed by atoms with E-state index in [0.717, 1.165) is 0 Å². The van der Waals surface area contributed by atoms with Crippen LogP contribution in [0, 0.1) is 0 Å². The van der Waals surface area contributed by atoms with E-state index in [4.69, 9.17) is 10.4 Å². The predicted molar refractivity (Wildman–Crippen MR) is 47.8 cm³/mol. The lowest BCUT2D eigenvalue weighted by molar-refractivity contribution is -0.870. The Morgan fingerprint density at radius 1 is 1.62 bits per heavy atom. The Kier molecular flexibility index (Phi) is 4.39. The lowest BCUT2D eigenvalue weighted by Gasteiger charge is -2.23. The average Bonchev–Trinajstić information content (AvgIpc) is 1.82. The summed E-state index contributed by atoms with van der Waals surface area (Å²) in [6.45, 7) is 0.641. The fourth-order valence-electron chi connectivity index (χ4n) is 0.510. The van der Waals surface area contributed by atoms with Crippen LogP contribution in [0.5, 0.6) is 0 Å². The zero-order valence-electron chi connectivity index (χ0n) is 7.91. The molecule has 0 heterocycles. The Morgan fingerprint density at radius 3 is 2.54 bits per heavy atom. The molecule has 76 valence electrons. The number of quaternary nitrogens is 1. The molecular formula is C5H14N4O3P+. The van der Waals surface area contributed by atoms with Crippen LogP contribution in [0.25, 0.3) is 10.4 Å². The van der Waals surface area contributed by atoms with E-state index in [1.807, 2.05) is 21.1 Å². The molecule has 13 heavy (non-hydrogen) atoms. The van der Waals surface area contributed by atoms with Crippen LogP contribution in [0.1, 0.15) is 0 Å². The van der Waals surface area contributed by atoms with Gasteiger partial charge in [0.25, 0.3) is 0 Å². The number of azide groups is 1. The van der Waals surface area contributed by atoms with Crippen LogP contribution in [0.2, 0.25) is 0 Å². The van der Waals surface area contributed by atoms with Gasteiger partial charge in [0.2, 0.25) is 0 Å². The molecule has 0 amide bonds. The molecule has 0 radical (unpaired) electrons. The van der Waals surface area contributed by atoms with Gasteiger partial charge in [-0.15, -0.1) is 0 Å². The van der Waals surface area contributed by atoms with Crippen LogP contribution in [-0.2, 0) is 9.09 Å². The minimum absolute atomic E-state index is 0.0797. The largest absolute Gasteiger partial charge is 0.418 e. The van der Waals surface area contributed by atoms with E-state index in [0.29, 0.717) is 11.0 Å². The molecule has 0 aromatic heterocycles. The normalized spacial score (nSPS) is 16.0. The minimum atomic E-state index is -4.08. The van der Waals surface area contributed by atoms with Gasteiger partial charge in [0.05, 0.1) is 21.1 Å². The highest BCUT2D eigenvalue weighted by Crippen LogP contribution is 2.43. The molecule has 1 N–H and O–H groups in total. The van der Waals surface area contributed by atoms with Gasteiger partial charge in [-0.25, -0.2) is 0 Å². The Labute approximate surface area is 76.7 Å². The van der Waals surface area contributed by atoms with E-state index in [-0.39, 0.29) is 6.61 Å². The van der Waals surface area contributed by atoms with Crippen molar-refractivity contribution in [2.24, 2.45) is 4.88 Å². The third kappa shape index (κ3) is 7.77. The van der Waals surface area contributed by atoms with Gasteiger partial charge < -0.3 is 9.38 Å². The molecule has 1 unspecified atom stereocenters. The zero-order valence-corrected chi connectivity index (χ0v) is 8.81. The molecular weight excluding hydrogens is 195 g/mol. The van der Waals surface area contributed by atoms with Crippen LogP contribution in [0.15, 0.2) is 4.88 Å². The average molecular weight is 209 g/mol. The second-order valence-electron chi connectivity index (χ2n) is 3.52. The summed E-state index contributed by atoms with van der Waals surface area (Å²) in [7, 11) is 1.67. The van der Waals surface area contributed by atoms with Crippen LogP contribution in [0.3, 0.4) is 0 Å². The van der Waals surface area contributed by atoms with E-state index in [2.05, 4.69) is 14.3 Å². The van der Waals surface area contributed by atoms with E-state index in [9.17, 15) is 4.57 Å². The molecule has 0 aliphatic rings. The molecule has 0 fully saturated rings. The minimum Gasteiger partial charge on any atom is -0.329 e. The van der Waals surface area contributed by atoms with Crippen molar-refractivity contribution in [1.29, 1.82) is 0 Å². The highest BCUT2D eigenvalue weighted by atomic mass is 31.2. The molecule has 0 saturated carbocycles. The van der Waals surface area contributed by atoms with E-state index >= 15 is 0 Å². The highest BCUT2D eigenvalue weighted by Gasteiger charge is 2.18. The quantitative estimate of drug-likeness (QED) is 0.241. The maximum Gasteiger partial charge on any atom is 0.418 e. The summed E-state index contributed by atoms with van der Waals surface area (Å²) >= 11 is 0. The fraction of sp³-hybridized carbons (Fsp3) is 1.00. The van der Waals surface area contributed by atoms with Crippen molar-refractivity contribution < 1.29 is 18.5 Å². The maximum atomic E-state index is 10.8. The summed E-state index contributed by atoms with van der Waals surface area (Å²) in [6.07, 6.45) is 0.